The SMILES string of the molecule is CCC(C)(CC(C)(CC(C)(CC(C)(CC(C)(CC(C)(CC(C)(CC(C)(CC(C)(CC(C)(CC)C(=O)OCCCN1C(=O)C=CC1=O)C(=O)OC)C(=O)OC)C(=O)OC)C(=O)OC)C(=O)OC)C(=O)OC)C(=O)OC)C(=O)OC)C(=O)OC. The number of imide groups is 1. The van der Waals surface area contributed by atoms with Gasteiger partial charge in [-0.15, -0.1) is 0 Å². The number of carbonyl (C=O) groups excluding carboxylic acids is 12. The monoisotopic (exact) mass is 1170 g/mol. The minimum absolute atomic E-state index is 0.0163. The van der Waals surface area contributed by atoms with Crippen molar-refractivity contribution in [2.24, 2.45) is 54.1 Å². The van der Waals surface area contributed by atoms with Gasteiger partial charge in [-0.2, -0.15) is 0 Å². The van der Waals surface area contributed by atoms with E-state index in [0.717, 1.165) is 73.9 Å². The van der Waals surface area contributed by atoms with Crippen LogP contribution in [-0.2, 0) is 105 Å². The molecule has 0 spiro atoms. The van der Waals surface area contributed by atoms with Gasteiger partial charge >= 0.3 is 59.7 Å². The van der Waals surface area contributed by atoms with E-state index in [2.05, 4.69) is 0 Å². The molecule has 10 unspecified atom stereocenters. The summed E-state index contributed by atoms with van der Waals surface area (Å²) >= 11 is 0. The molecular weight excluding hydrogens is 1070 g/mol. The highest BCUT2D eigenvalue weighted by molar-refractivity contribution is 6.12. The number of carbonyl (C=O) groups is 12. The zero-order valence-electron chi connectivity index (χ0n) is 52.5. The van der Waals surface area contributed by atoms with Gasteiger partial charge in [-0.05, 0) is 146 Å². The van der Waals surface area contributed by atoms with E-state index in [0.29, 0.717) is 0 Å². The maximum Gasteiger partial charge on any atom is 0.311 e. The fourth-order valence-electron chi connectivity index (χ4n) is 13.5. The summed E-state index contributed by atoms with van der Waals surface area (Å²) in [7, 11) is 10.0. The molecule has 0 aromatic heterocycles. The third-order valence-electron chi connectivity index (χ3n) is 16.8. The second-order valence-electron chi connectivity index (χ2n) is 25.0. The summed E-state index contributed by atoms with van der Waals surface area (Å²) in [5.41, 5.74) is -17.3. The third kappa shape index (κ3) is 16.9. The zero-order valence-corrected chi connectivity index (χ0v) is 52.5. The van der Waals surface area contributed by atoms with Gasteiger partial charge in [0.05, 0.1) is 125 Å². The summed E-state index contributed by atoms with van der Waals surface area (Å²) in [5, 5.41) is 0. The molecule has 1 rings (SSSR count). The molecule has 0 aliphatic carbocycles. The Morgan fingerprint density at radius 3 is 0.671 bits per heavy atom. The number of nitrogens with zero attached hydrogens (tertiary/aromatic N) is 1. The van der Waals surface area contributed by atoms with Gasteiger partial charge in [-0.25, -0.2) is 0 Å². The molecule has 0 fully saturated rings. The van der Waals surface area contributed by atoms with Crippen molar-refractivity contribution in [3.05, 3.63) is 12.2 Å². The lowest BCUT2D eigenvalue weighted by Crippen LogP contribution is -2.51. The summed E-state index contributed by atoms with van der Waals surface area (Å²) in [5.74, 6) is -9.54. The summed E-state index contributed by atoms with van der Waals surface area (Å²) in [4.78, 5) is 167. The molecule has 0 bridgehead atoms. The minimum Gasteiger partial charge on any atom is -0.469 e. The lowest BCUT2D eigenvalue weighted by atomic mass is 9.56. The molecule has 2 amide bonds. The Balaban J connectivity index is 4.16. The fraction of sp³-hybridized carbons (Fsp3) is 0.763. The van der Waals surface area contributed by atoms with Gasteiger partial charge < -0.3 is 47.4 Å². The lowest BCUT2D eigenvalue weighted by molar-refractivity contribution is -0.173. The van der Waals surface area contributed by atoms with E-state index in [4.69, 9.17) is 47.4 Å². The standard InChI is InChI=1S/C59H93NO22/c1-22-50(3,40(63)73-13)29-52(5,41(64)74-14)31-54(7,43(66)76-16)33-56(9,45(68)78-18)35-58(11,47(70)80-20)37-59(12,48(71)81-21)36-57(10,46(69)79-19)34-55(8,44(67)77-17)32-53(6,42(65)75-15)30-51(4,23-2)49(72)82-28-24-27-60-38(61)25-26-39(60)62/h25-26H,22-24,27-37H2,1-21H3. The van der Waals surface area contributed by atoms with Crippen LogP contribution < -0.4 is 0 Å². The van der Waals surface area contributed by atoms with Gasteiger partial charge in [0, 0.05) is 18.7 Å². The molecule has 23 heteroatoms. The van der Waals surface area contributed by atoms with Gasteiger partial charge in [-0.1, -0.05) is 13.8 Å². The largest absolute Gasteiger partial charge is 0.469 e. The van der Waals surface area contributed by atoms with Crippen LogP contribution in [0.2, 0.25) is 0 Å². The Labute approximate surface area is 483 Å². The summed E-state index contributed by atoms with van der Waals surface area (Å²) in [6.45, 7) is 18.0. The summed E-state index contributed by atoms with van der Waals surface area (Å²) in [6.07, 6.45) is -1.11. The zero-order chi connectivity index (χ0) is 63.9. The average molecular weight is 1170 g/mol. The maximum absolute atomic E-state index is 14.5. The van der Waals surface area contributed by atoms with E-state index in [1.807, 2.05) is 0 Å². The quantitative estimate of drug-likeness (QED) is 0.0277. The number of hydrogen-bond acceptors (Lipinski definition) is 22. The smallest absolute Gasteiger partial charge is 0.311 e. The topological polar surface area (TPSA) is 300 Å². The molecule has 1 heterocycles. The molecular formula is C59H93NO22. The molecule has 0 aromatic rings. The maximum atomic E-state index is 14.5. The number of hydrogen-bond donors (Lipinski definition) is 0. The highest BCUT2D eigenvalue weighted by Crippen LogP contribution is 2.57. The van der Waals surface area contributed by atoms with Crippen molar-refractivity contribution in [3.8, 4) is 0 Å². The number of esters is 10. The number of amides is 2. The predicted octanol–water partition coefficient (Wildman–Crippen LogP) is 6.80. The minimum atomic E-state index is -1.94. The van der Waals surface area contributed by atoms with Crippen LogP contribution in [0.15, 0.2) is 12.2 Å². The van der Waals surface area contributed by atoms with E-state index in [1.165, 1.54) is 62.5 Å². The van der Waals surface area contributed by atoms with E-state index >= 15 is 0 Å². The molecule has 0 N–H and O–H groups in total. The normalized spacial score (nSPS) is 19.7. The van der Waals surface area contributed by atoms with Crippen LogP contribution in [-0.4, -0.2) is 154 Å². The Hall–Kier alpha value is -6.42. The lowest BCUT2D eigenvalue weighted by Gasteiger charge is -2.47. The summed E-state index contributed by atoms with van der Waals surface area (Å²) < 4.78 is 53.6. The van der Waals surface area contributed by atoms with Crippen LogP contribution in [0.5, 0.6) is 0 Å². The Kier molecular flexibility index (Phi) is 25.8. The third-order valence-corrected chi connectivity index (χ3v) is 16.8. The van der Waals surface area contributed by atoms with E-state index < -0.39 is 164 Å². The first-order chi connectivity index (χ1) is 37.6. The van der Waals surface area contributed by atoms with E-state index in [9.17, 15) is 57.5 Å². The summed E-state index contributed by atoms with van der Waals surface area (Å²) in [6, 6.07) is 0. The molecule has 10 atom stereocenters. The van der Waals surface area contributed by atoms with Crippen molar-refractivity contribution in [2.45, 2.75) is 160 Å². The second-order valence-corrected chi connectivity index (χ2v) is 25.0. The van der Waals surface area contributed by atoms with Crippen LogP contribution in [0, 0.1) is 54.1 Å². The second kappa shape index (κ2) is 28.7. The van der Waals surface area contributed by atoms with Crippen LogP contribution >= 0.6 is 0 Å². The highest BCUT2D eigenvalue weighted by atomic mass is 16.6. The molecule has 1 aliphatic heterocycles. The van der Waals surface area contributed by atoms with Crippen molar-refractivity contribution in [2.75, 3.05) is 77.1 Å². The van der Waals surface area contributed by atoms with Crippen LogP contribution in [0.1, 0.15) is 160 Å². The van der Waals surface area contributed by atoms with Crippen molar-refractivity contribution < 1.29 is 105 Å². The Morgan fingerprint density at radius 2 is 0.488 bits per heavy atom. The highest BCUT2D eigenvalue weighted by Gasteiger charge is 2.60. The van der Waals surface area contributed by atoms with Crippen LogP contribution in [0.4, 0.5) is 0 Å². The first-order valence-corrected chi connectivity index (χ1v) is 27.1. The first kappa shape index (κ1) is 73.6. The van der Waals surface area contributed by atoms with Gasteiger partial charge in [0.1, 0.15) is 0 Å². The number of methoxy groups -OCH3 is 9. The molecule has 23 nitrogen and oxygen atoms in total. The van der Waals surface area contributed by atoms with E-state index in [-0.39, 0.29) is 51.7 Å². The van der Waals surface area contributed by atoms with Crippen molar-refractivity contribution in [1.29, 1.82) is 0 Å². The Bertz CT molecular complexity index is 2420. The number of ether oxygens (including phenoxy) is 10. The first-order valence-electron chi connectivity index (χ1n) is 27.1. The van der Waals surface area contributed by atoms with E-state index in [1.54, 1.807) is 27.7 Å². The molecule has 0 aromatic carbocycles. The predicted molar refractivity (Wildman–Crippen MR) is 293 cm³/mol. The average Bonchev–Trinajstić information content (AvgIpc) is 3.91. The van der Waals surface area contributed by atoms with Crippen LogP contribution in [0.25, 0.3) is 0 Å². The van der Waals surface area contributed by atoms with Gasteiger partial charge in [0.25, 0.3) is 11.8 Å². The number of rotatable bonds is 34. The molecule has 0 radical (unpaired) electrons. The molecule has 466 valence electrons. The van der Waals surface area contributed by atoms with Crippen molar-refractivity contribution in [3.63, 3.8) is 0 Å². The van der Waals surface area contributed by atoms with Crippen molar-refractivity contribution >= 4 is 71.5 Å². The molecule has 0 saturated carbocycles. The van der Waals surface area contributed by atoms with Crippen molar-refractivity contribution in [1.82, 2.24) is 4.90 Å². The molecule has 1 aliphatic rings. The van der Waals surface area contributed by atoms with Gasteiger partial charge in [-0.3, -0.25) is 62.4 Å². The van der Waals surface area contributed by atoms with Gasteiger partial charge in [0.15, 0.2) is 0 Å². The van der Waals surface area contributed by atoms with Crippen LogP contribution in [0.3, 0.4) is 0 Å². The Morgan fingerprint density at radius 1 is 0.317 bits per heavy atom. The van der Waals surface area contributed by atoms with Gasteiger partial charge in [0.2, 0.25) is 0 Å². The fourth-order valence-corrected chi connectivity index (χ4v) is 13.5. The molecule has 0 saturated heterocycles. The molecule has 82 heavy (non-hydrogen) atoms.